The van der Waals surface area contributed by atoms with Gasteiger partial charge in [0.25, 0.3) is 0 Å². The van der Waals surface area contributed by atoms with Gasteiger partial charge in [-0.1, -0.05) is 6.92 Å². The van der Waals surface area contributed by atoms with E-state index in [1.807, 2.05) is 0 Å². The number of aliphatic hydroxyl groups excluding tert-OH is 7. The molecule has 210 valence electrons. The smallest absolute Gasteiger partial charge is 0.335 e. The van der Waals surface area contributed by atoms with Gasteiger partial charge >= 0.3 is 5.97 Å². The Hall–Kier alpha value is -1.01. The van der Waals surface area contributed by atoms with E-state index in [0.29, 0.717) is 0 Å². The molecule has 0 bridgehead atoms. The highest BCUT2D eigenvalue weighted by Crippen LogP contribution is 2.33. The third-order valence-electron chi connectivity index (χ3n) is 7.33. The van der Waals surface area contributed by atoms with Crippen LogP contribution in [0, 0.1) is 17.8 Å². The Morgan fingerprint density at radius 1 is 0.833 bits per heavy atom. The SMILES string of the molecule is CCC1C(O)[C@H](OCC2COC(CO)[C@@H](O)C2CO[C@@H]2OC(C)[C@@H](O)C(O)C2O)OC(C(=O)O)[C@H]1O. The second-order valence-electron chi connectivity index (χ2n) is 9.63. The number of aliphatic hydroxyl groups is 7. The fraction of sp³-hybridized carbons (Fsp3) is 0.955. The molecule has 3 aliphatic rings. The molecular formula is C22H38O14. The molecule has 0 aromatic carbocycles. The minimum Gasteiger partial charge on any atom is -0.479 e. The zero-order valence-electron chi connectivity index (χ0n) is 20.1. The molecule has 14 heteroatoms. The van der Waals surface area contributed by atoms with Crippen molar-refractivity contribution in [3.63, 3.8) is 0 Å². The maximum atomic E-state index is 11.5. The first kappa shape index (κ1) is 29.5. The van der Waals surface area contributed by atoms with Gasteiger partial charge < -0.3 is 64.5 Å². The van der Waals surface area contributed by atoms with Crippen LogP contribution in [-0.4, -0.2) is 141 Å². The lowest BCUT2D eigenvalue weighted by Gasteiger charge is -2.44. The number of ether oxygens (including phenoxy) is 5. The van der Waals surface area contributed by atoms with Crippen molar-refractivity contribution >= 4 is 5.97 Å². The highest BCUT2D eigenvalue weighted by Gasteiger charge is 2.49. The highest BCUT2D eigenvalue weighted by molar-refractivity contribution is 5.73. The van der Waals surface area contributed by atoms with Crippen molar-refractivity contribution in [1.82, 2.24) is 0 Å². The standard InChI is InChI=1S/C22H38O14/c1-3-10-15(26)19(20(30)31)36-21(16(10)27)33-6-9-5-32-12(4-23)14(25)11(9)7-34-22-18(29)17(28)13(24)8(2)35-22/h8-19,21-29H,3-7H2,1-2H3,(H,30,31)/t8?,9?,10?,11?,12?,13-,14+,15+,16?,17?,18?,19?,21-,22-/m1/s1. The van der Waals surface area contributed by atoms with Gasteiger partial charge in [-0.2, -0.15) is 0 Å². The summed E-state index contributed by atoms with van der Waals surface area (Å²) in [7, 11) is 0. The molecule has 8 N–H and O–H groups in total. The number of aliphatic carboxylic acids is 1. The van der Waals surface area contributed by atoms with Crippen LogP contribution < -0.4 is 0 Å². The Kier molecular flexibility index (Phi) is 10.4. The minimum absolute atomic E-state index is 0.00708. The second-order valence-corrected chi connectivity index (χ2v) is 9.63. The topological polar surface area (TPSA) is 225 Å². The maximum absolute atomic E-state index is 11.5. The summed E-state index contributed by atoms with van der Waals surface area (Å²) in [4.78, 5) is 11.5. The Balaban J connectivity index is 1.67. The van der Waals surface area contributed by atoms with Crippen LogP contribution in [0.4, 0.5) is 0 Å². The average molecular weight is 527 g/mol. The van der Waals surface area contributed by atoms with Crippen LogP contribution in [0.25, 0.3) is 0 Å². The van der Waals surface area contributed by atoms with Crippen LogP contribution in [0.5, 0.6) is 0 Å². The Labute approximate surface area is 207 Å². The molecule has 0 radical (unpaired) electrons. The average Bonchev–Trinajstić information content (AvgIpc) is 2.84. The van der Waals surface area contributed by atoms with E-state index in [4.69, 9.17) is 23.7 Å². The van der Waals surface area contributed by atoms with Gasteiger partial charge in [-0.15, -0.1) is 0 Å². The largest absolute Gasteiger partial charge is 0.479 e. The summed E-state index contributed by atoms with van der Waals surface area (Å²) >= 11 is 0. The van der Waals surface area contributed by atoms with E-state index in [2.05, 4.69) is 0 Å². The monoisotopic (exact) mass is 526 g/mol. The quantitative estimate of drug-likeness (QED) is 0.145. The molecular weight excluding hydrogens is 488 g/mol. The Morgan fingerprint density at radius 2 is 1.47 bits per heavy atom. The zero-order valence-corrected chi connectivity index (χ0v) is 20.1. The molecule has 14 nitrogen and oxygen atoms in total. The molecule has 3 heterocycles. The van der Waals surface area contributed by atoms with Crippen molar-refractivity contribution in [1.29, 1.82) is 0 Å². The van der Waals surface area contributed by atoms with Crippen LogP contribution in [0.1, 0.15) is 20.3 Å². The van der Waals surface area contributed by atoms with Gasteiger partial charge in [-0.3, -0.25) is 0 Å². The van der Waals surface area contributed by atoms with E-state index in [0.717, 1.165) is 0 Å². The molecule has 0 aromatic rings. The molecule has 0 aromatic heterocycles. The molecule has 0 spiro atoms. The number of carboxylic acid groups (broad SMARTS) is 1. The molecule has 0 amide bonds. The predicted octanol–water partition coefficient (Wildman–Crippen LogP) is -3.61. The second kappa shape index (κ2) is 12.7. The van der Waals surface area contributed by atoms with Crippen LogP contribution in [-0.2, 0) is 28.5 Å². The molecule has 36 heavy (non-hydrogen) atoms. The molecule has 14 atom stereocenters. The summed E-state index contributed by atoms with van der Waals surface area (Å²) in [6.07, 6.45) is -14.1. The van der Waals surface area contributed by atoms with Crippen molar-refractivity contribution in [3.05, 3.63) is 0 Å². The van der Waals surface area contributed by atoms with Crippen LogP contribution >= 0.6 is 0 Å². The molecule has 3 aliphatic heterocycles. The molecule has 3 fully saturated rings. The van der Waals surface area contributed by atoms with E-state index in [1.54, 1.807) is 6.92 Å². The first-order valence-corrected chi connectivity index (χ1v) is 12.1. The van der Waals surface area contributed by atoms with Gasteiger partial charge in [0.2, 0.25) is 0 Å². The Bertz CT molecular complexity index is 710. The summed E-state index contributed by atoms with van der Waals surface area (Å²) in [6, 6.07) is 0. The molecule has 3 saturated heterocycles. The van der Waals surface area contributed by atoms with Crippen LogP contribution in [0.15, 0.2) is 0 Å². The van der Waals surface area contributed by atoms with E-state index >= 15 is 0 Å². The lowest BCUT2D eigenvalue weighted by atomic mass is 9.84. The first-order chi connectivity index (χ1) is 17.0. The molecule has 0 saturated carbocycles. The van der Waals surface area contributed by atoms with E-state index in [1.165, 1.54) is 6.92 Å². The lowest BCUT2D eigenvalue weighted by molar-refractivity contribution is -0.305. The summed E-state index contributed by atoms with van der Waals surface area (Å²) < 4.78 is 27.6. The predicted molar refractivity (Wildman–Crippen MR) is 116 cm³/mol. The third kappa shape index (κ3) is 6.17. The first-order valence-electron chi connectivity index (χ1n) is 12.1. The van der Waals surface area contributed by atoms with Gasteiger partial charge in [0.15, 0.2) is 18.7 Å². The van der Waals surface area contributed by atoms with E-state index < -0.39 is 97.8 Å². The maximum Gasteiger partial charge on any atom is 0.335 e. The molecule has 0 aliphatic carbocycles. The van der Waals surface area contributed by atoms with Crippen molar-refractivity contribution in [2.45, 2.75) is 87.8 Å². The Morgan fingerprint density at radius 3 is 2.08 bits per heavy atom. The van der Waals surface area contributed by atoms with Crippen molar-refractivity contribution in [3.8, 4) is 0 Å². The van der Waals surface area contributed by atoms with Crippen LogP contribution in [0.3, 0.4) is 0 Å². The van der Waals surface area contributed by atoms with Gasteiger partial charge in [0.05, 0.1) is 44.7 Å². The summed E-state index contributed by atoms with van der Waals surface area (Å²) in [5, 5.41) is 80.5. The minimum atomic E-state index is -1.59. The van der Waals surface area contributed by atoms with Gasteiger partial charge in [0.1, 0.15) is 30.5 Å². The van der Waals surface area contributed by atoms with Crippen molar-refractivity contribution in [2.75, 3.05) is 26.4 Å². The number of hydrogen-bond donors (Lipinski definition) is 8. The molecule has 9 unspecified atom stereocenters. The summed E-state index contributed by atoms with van der Waals surface area (Å²) in [6.45, 7) is 2.33. The summed E-state index contributed by atoms with van der Waals surface area (Å²) in [5.74, 6) is -3.51. The van der Waals surface area contributed by atoms with Crippen molar-refractivity contribution < 1.29 is 69.3 Å². The number of carboxylic acids is 1. The number of hydrogen-bond acceptors (Lipinski definition) is 13. The van der Waals surface area contributed by atoms with Gasteiger partial charge in [0, 0.05) is 17.8 Å². The lowest BCUT2D eigenvalue weighted by Crippen LogP contribution is -2.59. The third-order valence-corrected chi connectivity index (χ3v) is 7.33. The van der Waals surface area contributed by atoms with Gasteiger partial charge in [-0.25, -0.2) is 4.79 Å². The van der Waals surface area contributed by atoms with Crippen LogP contribution in [0.2, 0.25) is 0 Å². The normalized spacial score (nSPS) is 48.0. The summed E-state index contributed by atoms with van der Waals surface area (Å²) in [5.41, 5.74) is 0. The van der Waals surface area contributed by atoms with Gasteiger partial charge in [-0.05, 0) is 13.3 Å². The fourth-order valence-electron chi connectivity index (χ4n) is 4.93. The number of rotatable bonds is 9. The van der Waals surface area contributed by atoms with E-state index in [-0.39, 0.29) is 26.2 Å². The highest BCUT2D eigenvalue weighted by atomic mass is 16.7. The molecule has 3 rings (SSSR count). The zero-order chi connectivity index (χ0) is 26.7. The number of carbonyl (C=O) groups is 1. The van der Waals surface area contributed by atoms with E-state index in [9.17, 15) is 45.6 Å². The fourth-order valence-corrected chi connectivity index (χ4v) is 4.93. The van der Waals surface area contributed by atoms with Crippen molar-refractivity contribution in [2.24, 2.45) is 17.8 Å².